The van der Waals surface area contributed by atoms with Gasteiger partial charge in [-0.1, -0.05) is 103 Å². The third kappa shape index (κ3) is 5.03. The topological polar surface area (TPSA) is 19.6 Å². The molecule has 0 amide bonds. The highest BCUT2D eigenvalue weighted by Gasteiger charge is 2.19. The molecule has 0 unspecified atom stereocenters. The fourth-order valence-electron chi connectivity index (χ4n) is 8.07. The van der Waals surface area contributed by atoms with E-state index in [0.717, 1.165) is 61.4 Å². The zero-order valence-corrected chi connectivity index (χ0v) is 30.0. The van der Waals surface area contributed by atoms with Gasteiger partial charge in [-0.2, -0.15) is 0 Å². The lowest BCUT2D eigenvalue weighted by Crippen LogP contribution is -2.13. The molecule has 11 aromatic rings. The molecule has 0 fully saturated rings. The van der Waals surface area contributed by atoms with Crippen LogP contribution in [0.2, 0.25) is 0 Å². The van der Waals surface area contributed by atoms with Crippen LogP contribution in [0.3, 0.4) is 0 Å². The van der Waals surface area contributed by atoms with Gasteiger partial charge in [0.15, 0.2) is 0 Å². The molecular weight excluding hydrogens is 677 g/mol. The molecule has 9 aromatic carbocycles. The summed E-state index contributed by atoms with van der Waals surface area (Å²) < 4.78 is 8.86. The molecule has 2 heterocycles. The van der Waals surface area contributed by atoms with Crippen LogP contribution in [-0.4, -0.2) is 0 Å². The summed E-state index contributed by atoms with van der Waals surface area (Å²) >= 11 is 1.85. The molecule has 0 saturated heterocycles. The Kier molecular flexibility index (Phi) is 7.04. The molecule has 3 nitrogen and oxygen atoms in total. The molecular formula is C50H32N2OS. The lowest BCUT2D eigenvalue weighted by Gasteiger charge is -2.29. The normalized spacial score (nSPS) is 11.7. The van der Waals surface area contributed by atoms with E-state index in [1.807, 2.05) is 23.5 Å². The average Bonchev–Trinajstić information content (AvgIpc) is 3.79. The van der Waals surface area contributed by atoms with Crippen LogP contribution in [0.4, 0.5) is 34.1 Å². The Morgan fingerprint density at radius 1 is 0.296 bits per heavy atom. The molecule has 2 aromatic heterocycles. The second-order valence-electron chi connectivity index (χ2n) is 13.8. The van der Waals surface area contributed by atoms with Gasteiger partial charge < -0.3 is 14.2 Å². The summed E-state index contributed by atoms with van der Waals surface area (Å²) in [6.45, 7) is 0. The van der Waals surface area contributed by atoms with Gasteiger partial charge in [-0.05, 0) is 113 Å². The molecule has 0 radical (unpaired) electrons. The van der Waals surface area contributed by atoms with Crippen LogP contribution >= 0.6 is 11.3 Å². The molecule has 0 aliphatic rings. The summed E-state index contributed by atoms with van der Waals surface area (Å²) in [6.07, 6.45) is 0. The average molecular weight is 709 g/mol. The summed E-state index contributed by atoms with van der Waals surface area (Å²) in [5, 5.41) is 9.64. The van der Waals surface area contributed by atoms with E-state index in [1.165, 1.54) is 36.3 Å². The van der Waals surface area contributed by atoms with Crippen LogP contribution < -0.4 is 9.80 Å². The minimum absolute atomic E-state index is 0.913. The number of fused-ring (bicyclic) bond motifs is 9. The van der Waals surface area contributed by atoms with Crippen molar-refractivity contribution in [2.75, 3.05) is 9.80 Å². The Bertz CT molecular complexity index is 3140. The molecule has 0 spiro atoms. The molecule has 11 rings (SSSR count). The number of benzene rings is 9. The maximum Gasteiger partial charge on any atom is 0.136 e. The minimum atomic E-state index is 0.913. The van der Waals surface area contributed by atoms with Crippen molar-refractivity contribution in [2.24, 2.45) is 0 Å². The van der Waals surface area contributed by atoms with E-state index < -0.39 is 0 Å². The van der Waals surface area contributed by atoms with E-state index in [4.69, 9.17) is 4.42 Å². The van der Waals surface area contributed by atoms with Crippen molar-refractivity contribution >= 4 is 109 Å². The maximum atomic E-state index is 6.29. The molecule has 4 heteroatoms. The third-order valence-electron chi connectivity index (χ3n) is 10.6. The monoisotopic (exact) mass is 708 g/mol. The van der Waals surface area contributed by atoms with Gasteiger partial charge in [0.05, 0.1) is 0 Å². The summed E-state index contributed by atoms with van der Waals surface area (Å²) in [6, 6.07) is 69.9. The molecule has 0 N–H and O–H groups in total. The Labute approximate surface area is 316 Å². The fourth-order valence-corrected chi connectivity index (χ4v) is 9.21. The molecule has 54 heavy (non-hydrogen) atoms. The molecule has 0 aliphatic heterocycles. The molecule has 0 bridgehead atoms. The lowest BCUT2D eigenvalue weighted by molar-refractivity contribution is 0.669. The van der Waals surface area contributed by atoms with Gasteiger partial charge in [0.25, 0.3) is 0 Å². The molecule has 0 saturated carbocycles. The minimum Gasteiger partial charge on any atom is -0.456 e. The number of rotatable bonds is 6. The van der Waals surface area contributed by atoms with Crippen molar-refractivity contribution in [2.45, 2.75) is 0 Å². The second-order valence-corrected chi connectivity index (χ2v) is 14.9. The Balaban J connectivity index is 1.14. The van der Waals surface area contributed by atoms with E-state index in [9.17, 15) is 0 Å². The lowest BCUT2D eigenvalue weighted by atomic mass is 9.99. The number of anilines is 6. The maximum absolute atomic E-state index is 6.29. The Morgan fingerprint density at radius 3 is 1.65 bits per heavy atom. The largest absolute Gasteiger partial charge is 0.456 e. The number of nitrogens with zero attached hydrogens (tertiary/aromatic N) is 2. The first-order valence-corrected chi connectivity index (χ1v) is 19.1. The highest BCUT2D eigenvalue weighted by molar-refractivity contribution is 7.25. The second kappa shape index (κ2) is 12.4. The number of hydrogen-bond acceptors (Lipinski definition) is 4. The van der Waals surface area contributed by atoms with E-state index >= 15 is 0 Å². The van der Waals surface area contributed by atoms with Crippen molar-refractivity contribution in [3.63, 3.8) is 0 Å². The SMILES string of the molecule is c1ccc(N(c2ccccc2)c2cccc(N(c3ccc4c(c3)sc3ccccc34)c3ccc4ccc5cc6oc7ccccc7c6cc5c4c3)c2)cc1. The first kappa shape index (κ1) is 30.7. The fraction of sp³-hybridized carbons (Fsp3) is 0. The summed E-state index contributed by atoms with van der Waals surface area (Å²) in [4.78, 5) is 4.73. The van der Waals surface area contributed by atoms with Crippen LogP contribution in [0.15, 0.2) is 199 Å². The standard InChI is InChI=1S/C50H32N2OS/c1-3-12-35(13-4-1)51(36-14-5-2-6-15-36)37-16-11-17-38(29-37)52(40-26-27-43-42-19-8-10-21-49(42)54-50(43)31-40)39-25-24-33-22-23-34-28-48-46(32-45(34)44(33)30-39)41-18-7-9-20-47(41)53-48/h1-32H. The van der Waals surface area contributed by atoms with Crippen molar-refractivity contribution in [3.05, 3.63) is 194 Å². The number of thiophene rings is 1. The van der Waals surface area contributed by atoms with Gasteiger partial charge in [-0.15, -0.1) is 11.3 Å². The smallest absolute Gasteiger partial charge is 0.136 e. The van der Waals surface area contributed by atoms with E-state index in [1.54, 1.807) is 0 Å². The van der Waals surface area contributed by atoms with Crippen LogP contribution in [0.5, 0.6) is 0 Å². The summed E-state index contributed by atoms with van der Waals surface area (Å²) in [5.41, 5.74) is 8.40. The highest BCUT2D eigenvalue weighted by Crippen LogP contribution is 2.44. The highest BCUT2D eigenvalue weighted by atomic mass is 32.1. The van der Waals surface area contributed by atoms with E-state index in [0.29, 0.717) is 0 Å². The molecule has 0 aliphatic carbocycles. The van der Waals surface area contributed by atoms with Crippen LogP contribution in [-0.2, 0) is 0 Å². The molecule has 254 valence electrons. The van der Waals surface area contributed by atoms with Gasteiger partial charge in [0.2, 0.25) is 0 Å². The first-order chi connectivity index (χ1) is 26.7. The van der Waals surface area contributed by atoms with Crippen molar-refractivity contribution in [3.8, 4) is 0 Å². The van der Waals surface area contributed by atoms with E-state index in [2.05, 4.69) is 192 Å². The Morgan fingerprint density at radius 2 is 0.852 bits per heavy atom. The Hall–Kier alpha value is -6.88. The van der Waals surface area contributed by atoms with Gasteiger partial charge in [0.1, 0.15) is 11.2 Å². The van der Waals surface area contributed by atoms with Gasteiger partial charge in [-0.3, -0.25) is 0 Å². The summed E-state index contributed by atoms with van der Waals surface area (Å²) in [5.74, 6) is 0. The zero-order valence-electron chi connectivity index (χ0n) is 29.2. The van der Waals surface area contributed by atoms with Crippen molar-refractivity contribution < 1.29 is 4.42 Å². The first-order valence-electron chi connectivity index (χ1n) is 18.2. The van der Waals surface area contributed by atoms with Crippen molar-refractivity contribution in [1.29, 1.82) is 0 Å². The van der Waals surface area contributed by atoms with E-state index in [-0.39, 0.29) is 0 Å². The molecule has 0 atom stereocenters. The summed E-state index contributed by atoms with van der Waals surface area (Å²) in [7, 11) is 0. The van der Waals surface area contributed by atoms with Crippen LogP contribution in [0.1, 0.15) is 0 Å². The number of para-hydroxylation sites is 3. The van der Waals surface area contributed by atoms with Gasteiger partial charge >= 0.3 is 0 Å². The third-order valence-corrected chi connectivity index (χ3v) is 11.7. The quantitative estimate of drug-likeness (QED) is 0.160. The zero-order chi connectivity index (χ0) is 35.6. The van der Waals surface area contributed by atoms with Gasteiger partial charge in [-0.25, -0.2) is 0 Å². The number of hydrogen-bond donors (Lipinski definition) is 0. The van der Waals surface area contributed by atoms with Crippen LogP contribution in [0, 0.1) is 0 Å². The predicted octanol–water partition coefficient (Wildman–Crippen LogP) is 15.2. The predicted molar refractivity (Wildman–Crippen MR) is 231 cm³/mol. The number of furan rings is 1. The van der Waals surface area contributed by atoms with Crippen molar-refractivity contribution in [1.82, 2.24) is 0 Å². The van der Waals surface area contributed by atoms with Gasteiger partial charge in [0, 0.05) is 65.1 Å². The van der Waals surface area contributed by atoms with Crippen LogP contribution in [0.25, 0.3) is 63.7 Å².